The predicted molar refractivity (Wildman–Crippen MR) is 113 cm³/mol. The van der Waals surface area contributed by atoms with Crippen molar-refractivity contribution in [2.75, 3.05) is 18.8 Å². The van der Waals surface area contributed by atoms with E-state index in [1.807, 2.05) is 51.9 Å². The van der Waals surface area contributed by atoms with Crippen molar-refractivity contribution in [1.82, 2.24) is 19.7 Å². The van der Waals surface area contributed by atoms with E-state index in [-0.39, 0.29) is 5.91 Å². The van der Waals surface area contributed by atoms with Gasteiger partial charge in [-0.15, -0.1) is 10.2 Å². The first-order valence-corrected chi connectivity index (χ1v) is 10.7. The molecule has 0 spiro atoms. The van der Waals surface area contributed by atoms with Crippen LogP contribution in [0.2, 0.25) is 5.02 Å². The van der Waals surface area contributed by atoms with Crippen molar-refractivity contribution in [3.63, 3.8) is 0 Å². The third-order valence-electron chi connectivity index (χ3n) is 4.88. The Hall–Kier alpha value is -2.31. The van der Waals surface area contributed by atoms with Gasteiger partial charge in [-0.05, 0) is 55.7 Å². The molecule has 1 amide bonds. The van der Waals surface area contributed by atoms with Crippen molar-refractivity contribution in [3.05, 3.63) is 59.1 Å². The number of likely N-dealkylation sites (tertiary alicyclic amines) is 1. The molecular weight excluding hydrogens is 392 g/mol. The van der Waals surface area contributed by atoms with Gasteiger partial charge >= 0.3 is 0 Å². The second-order valence-electron chi connectivity index (χ2n) is 6.81. The van der Waals surface area contributed by atoms with Crippen LogP contribution >= 0.6 is 23.4 Å². The van der Waals surface area contributed by atoms with Crippen molar-refractivity contribution in [2.24, 2.45) is 0 Å². The maximum Gasteiger partial charge on any atom is 0.233 e. The molecule has 5 nitrogen and oxygen atoms in total. The van der Waals surface area contributed by atoms with E-state index >= 15 is 0 Å². The molecule has 1 fully saturated rings. The zero-order chi connectivity index (χ0) is 19.5. The number of carbonyl (C=O) groups is 1. The molecule has 2 aromatic carbocycles. The smallest absolute Gasteiger partial charge is 0.233 e. The maximum atomic E-state index is 12.5. The fourth-order valence-electron chi connectivity index (χ4n) is 3.36. The third-order valence-corrected chi connectivity index (χ3v) is 6.04. The van der Waals surface area contributed by atoms with E-state index in [9.17, 15) is 4.79 Å². The van der Waals surface area contributed by atoms with E-state index < -0.39 is 0 Å². The number of thioether (sulfide) groups is 1. The number of nitrogens with zero attached hydrogens (tertiary/aromatic N) is 4. The molecular formula is C21H21ClN4OS. The minimum Gasteiger partial charge on any atom is -0.342 e. The maximum absolute atomic E-state index is 12.5. The van der Waals surface area contributed by atoms with Crippen LogP contribution in [0.15, 0.2) is 53.7 Å². The summed E-state index contributed by atoms with van der Waals surface area (Å²) in [6.45, 7) is 3.78. The first-order valence-electron chi connectivity index (χ1n) is 9.31. The highest BCUT2D eigenvalue weighted by molar-refractivity contribution is 7.99. The molecule has 0 atom stereocenters. The van der Waals surface area contributed by atoms with Gasteiger partial charge in [-0.3, -0.25) is 9.36 Å². The summed E-state index contributed by atoms with van der Waals surface area (Å²) in [6, 6.07) is 15.7. The molecule has 4 rings (SSSR count). The third kappa shape index (κ3) is 3.93. The highest BCUT2D eigenvalue weighted by Gasteiger charge is 2.21. The van der Waals surface area contributed by atoms with Crippen LogP contribution in [-0.2, 0) is 4.79 Å². The van der Waals surface area contributed by atoms with Crippen LogP contribution in [0.5, 0.6) is 0 Å². The van der Waals surface area contributed by atoms with Crippen LogP contribution in [0.4, 0.5) is 0 Å². The van der Waals surface area contributed by atoms with E-state index in [1.54, 1.807) is 0 Å². The van der Waals surface area contributed by atoms with Gasteiger partial charge in [-0.1, -0.05) is 41.6 Å². The minimum atomic E-state index is 0.162. The van der Waals surface area contributed by atoms with Gasteiger partial charge < -0.3 is 4.90 Å². The summed E-state index contributed by atoms with van der Waals surface area (Å²) in [5.74, 6) is 1.27. The molecule has 3 aromatic rings. The molecule has 0 radical (unpaired) electrons. The van der Waals surface area contributed by atoms with Crippen molar-refractivity contribution >= 4 is 29.3 Å². The van der Waals surface area contributed by atoms with E-state index in [2.05, 4.69) is 23.2 Å². The Morgan fingerprint density at radius 1 is 1.07 bits per heavy atom. The van der Waals surface area contributed by atoms with Crippen molar-refractivity contribution in [2.45, 2.75) is 24.9 Å². The predicted octanol–water partition coefficient (Wildman–Crippen LogP) is 4.61. The quantitative estimate of drug-likeness (QED) is 0.574. The van der Waals surface area contributed by atoms with E-state index in [4.69, 9.17) is 11.6 Å². The molecule has 0 aliphatic carbocycles. The molecule has 1 saturated heterocycles. The lowest BCUT2D eigenvalue weighted by Gasteiger charge is -2.16. The topological polar surface area (TPSA) is 51.0 Å². The highest BCUT2D eigenvalue weighted by Crippen LogP contribution is 2.30. The zero-order valence-corrected chi connectivity index (χ0v) is 17.2. The molecule has 1 aliphatic rings. The Bertz CT molecular complexity index is 980. The van der Waals surface area contributed by atoms with Crippen LogP contribution in [0.25, 0.3) is 17.1 Å². The fourth-order valence-corrected chi connectivity index (χ4v) is 4.34. The van der Waals surface area contributed by atoms with Gasteiger partial charge in [0.1, 0.15) is 0 Å². The van der Waals surface area contributed by atoms with Crippen LogP contribution in [0.3, 0.4) is 0 Å². The average Bonchev–Trinajstić information content (AvgIpc) is 3.37. The summed E-state index contributed by atoms with van der Waals surface area (Å²) in [5.41, 5.74) is 3.05. The number of benzene rings is 2. The second kappa shape index (κ2) is 8.37. The average molecular weight is 413 g/mol. The largest absolute Gasteiger partial charge is 0.342 e. The number of para-hydroxylation sites is 1. The minimum absolute atomic E-state index is 0.162. The fraction of sp³-hybridized carbons (Fsp3) is 0.286. The molecule has 0 saturated carbocycles. The second-order valence-corrected chi connectivity index (χ2v) is 8.19. The number of amides is 1. The normalized spacial score (nSPS) is 13.9. The van der Waals surface area contributed by atoms with Crippen molar-refractivity contribution in [1.29, 1.82) is 0 Å². The van der Waals surface area contributed by atoms with Crippen molar-refractivity contribution < 1.29 is 4.79 Å². The first-order chi connectivity index (χ1) is 13.6. The summed E-state index contributed by atoms with van der Waals surface area (Å²) in [5, 5.41) is 10.2. The zero-order valence-electron chi connectivity index (χ0n) is 15.6. The molecule has 144 valence electrons. The van der Waals surface area contributed by atoms with Gasteiger partial charge in [0.15, 0.2) is 11.0 Å². The number of rotatable bonds is 5. The summed E-state index contributed by atoms with van der Waals surface area (Å²) in [4.78, 5) is 14.4. The summed E-state index contributed by atoms with van der Waals surface area (Å²) >= 11 is 7.48. The van der Waals surface area contributed by atoms with Gasteiger partial charge in [-0.2, -0.15) is 0 Å². The van der Waals surface area contributed by atoms with Gasteiger partial charge in [0.2, 0.25) is 5.91 Å². The van der Waals surface area contributed by atoms with E-state index in [1.165, 1.54) is 11.8 Å². The molecule has 0 bridgehead atoms. The van der Waals surface area contributed by atoms with E-state index in [0.717, 1.165) is 48.6 Å². The van der Waals surface area contributed by atoms with Crippen LogP contribution in [0.1, 0.15) is 18.4 Å². The molecule has 0 N–H and O–H groups in total. The lowest BCUT2D eigenvalue weighted by atomic mass is 10.1. The van der Waals surface area contributed by atoms with Gasteiger partial charge in [0, 0.05) is 23.7 Å². The van der Waals surface area contributed by atoms with Crippen molar-refractivity contribution in [3.8, 4) is 17.1 Å². The number of halogens is 1. The van der Waals surface area contributed by atoms with Gasteiger partial charge in [0.25, 0.3) is 0 Å². The number of hydrogen-bond acceptors (Lipinski definition) is 4. The van der Waals surface area contributed by atoms with Crippen LogP contribution < -0.4 is 0 Å². The lowest BCUT2D eigenvalue weighted by molar-refractivity contribution is -0.127. The monoisotopic (exact) mass is 412 g/mol. The van der Waals surface area contributed by atoms with Crippen LogP contribution in [0, 0.1) is 6.92 Å². The molecule has 28 heavy (non-hydrogen) atoms. The number of carbonyl (C=O) groups excluding carboxylic acids is 1. The Balaban J connectivity index is 1.69. The molecule has 7 heteroatoms. The lowest BCUT2D eigenvalue weighted by Crippen LogP contribution is -2.29. The Morgan fingerprint density at radius 2 is 1.79 bits per heavy atom. The Kier molecular flexibility index (Phi) is 5.69. The summed E-state index contributed by atoms with van der Waals surface area (Å²) in [7, 11) is 0. The molecule has 2 heterocycles. The van der Waals surface area contributed by atoms with Gasteiger partial charge in [0.05, 0.1) is 11.4 Å². The standard InChI is InChI=1S/C21H21ClN4OS/c1-15-6-2-3-7-18(15)26-20(16-8-10-17(22)11-9-16)23-24-21(26)28-14-19(27)25-12-4-5-13-25/h2-3,6-11H,4-5,12-14H2,1H3. The summed E-state index contributed by atoms with van der Waals surface area (Å²) in [6.07, 6.45) is 2.19. The number of hydrogen-bond donors (Lipinski definition) is 0. The summed E-state index contributed by atoms with van der Waals surface area (Å²) < 4.78 is 2.03. The SMILES string of the molecule is Cc1ccccc1-n1c(SCC(=O)N2CCCC2)nnc1-c1ccc(Cl)cc1. The van der Waals surface area contributed by atoms with Gasteiger partial charge in [-0.25, -0.2) is 0 Å². The Labute approximate surface area is 173 Å². The molecule has 1 aromatic heterocycles. The molecule has 1 aliphatic heterocycles. The number of aryl methyl sites for hydroxylation is 1. The van der Waals surface area contributed by atoms with E-state index in [0.29, 0.717) is 15.9 Å². The Morgan fingerprint density at radius 3 is 2.50 bits per heavy atom. The first kappa shape index (κ1) is 19.0. The highest BCUT2D eigenvalue weighted by atomic mass is 35.5. The molecule has 0 unspecified atom stereocenters. The number of aromatic nitrogens is 3. The van der Waals surface area contributed by atoms with Crippen LogP contribution in [-0.4, -0.2) is 44.4 Å².